The van der Waals surface area contributed by atoms with E-state index in [4.69, 9.17) is 4.42 Å². The average molecular weight is 266 g/mol. The highest BCUT2D eigenvalue weighted by molar-refractivity contribution is 5.28. The summed E-state index contributed by atoms with van der Waals surface area (Å²) in [5.74, 6) is 1.59. The van der Waals surface area contributed by atoms with Crippen LogP contribution in [0, 0.1) is 11.8 Å². The van der Waals surface area contributed by atoms with Crippen molar-refractivity contribution in [1.29, 1.82) is 0 Å². The van der Waals surface area contributed by atoms with Gasteiger partial charge in [0.15, 0.2) is 0 Å². The number of fused-ring (bicyclic) bond motifs is 1. The maximum atomic E-state index is 9.92. The first-order valence-electron chi connectivity index (χ1n) is 7.18. The smallest absolute Gasteiger partial charge is 0.318 e. The number of nitrogens with one attached hydrogen (secondary N) is 1. The van der Waals surface area contributed by atoms with Crippen LogP contribution in [0.2, 0.25) is 0 Å². The van der Waals surface area contributed by atoms with Gasteiger partial charge in [-0.05, 0) is 32.2 Å². The Morgan fingerprint density at radius 3 is 3.00 bits per heavy atom. The number of hydrogen-bond acceptors (Lipinski definition) is 6. The van der Waals surface area contributed by atoms with E-state index in [9.17, 15) is 5.11 Å². The number of aliphatic hydroxyl groups is 1. The van der Waals surface area contributed by atoms with Crippen molar-refractivity contribution in [2.24, 2.45) is 11.8 Å². The molecule has 0 aromatic carbocycles. The Hall–Kier alpha value is -1.14. The first kappa shape index (κ1) is 12.9. The highest BCUT2D eigenvalue weighted by atomic mass is 16.4. The van der Waals surface area contributed by atoms with Crippen LogP contribution >= 0.6 is 0 Å². The predicted octanol–water partition coefficient (Wildman–Crippen LogP) is 0.947. The van der Waals surface area contributed by atoms with Gasteiger partial charge in [-0.2, -0.15) is 0 Å². The lowest BCUT2D eigenvalue weighted by atomic mass is 10.00. The van der Waals surface area contributed by atoms with E-state index in [1.165, 1.54) is 0 Å². The van der Waals surface area contributed by atoms with Gasteiger partial charge in [0.25, 0.3) is 0 Å². The minimum atomic E-state index is -0.155. The maximum Gasteiger partial charge on any atom is 0.318 e. The third-order valence-electron chi connectivity index (χ3n) is 4.40. The van der Waals surface area contributed by atoms with Gasteiger partial charge in [-0.25, -0.2) is 0 Å². The van der Waals surface area contributed by atoms with E-state index in [2.05, 4.69) is 27.3 Å². The van der Waals surface area contributed by atoms with Crippen molar-refractivity contribution in [3.8, 4) is 0 Å². The summed E-state index contributed by atoms with van der Waals surface area (Å²) in [5.41, 5.74) is 0. The molecule has 2 aliphatic rings. The predicted molar refractivity (Wildman–Crippen MR) is 70.8 cm³/mol. The Labute approximate surface area is 113 Å². The summed E-state index contributed by atoms with van der Waals surface area (Å²) in [4.78, 5) is 2.12. The lowest BCUT2D eigenvalue weighted by Gasteiger charge is -2.15. The third-order valence-corrected chi connectivity index (χ3v) is 4.40. The number of aromatic nitrogens is 2. The van der Waals surface area contributed by atoms with Crippen LogP contribution < -0.4 is 10.2 Å². The molecule has 6 nitrogen and oxygen atoms in total. The monoisotopic (exact) mass is 266 g/mol. The SMILES string of the molecule is CCNC(C)c1nnc(N2CC3CCC(O)C3C2)o1. The molecule has 1 aromatic rings. The Balaban J connectivity index is 1.67. The molecule has 0 radical (unpaired) electrons. The molecule has 1 saturated carbocycles. The van der Waals surface area contributed by atoms with Gasteiger partial charge in [0, 0.05) is 19.0 Å². The second kappa shape index (κ2) is 5.09. The second-order valence-electron chi connectivity index (χ2n) is 5.68. The van der Waals surface area contributed by atoms with Crippen LogP contribution in [0.5, 0.6) is 0 Å². The van der Waals surface area contributed by atoms with Crippen LogP contribution in [-0.2, 0) is 0 Å². The summed E-state index contributed by atoms with van der Waals surface area (Å²) < 4.78 is 5.74. The average Bonchev–Trinajstić information content (AvgIpc) is 3.06. The molecule has 0 spiro atoms. The molecule has 2 heterocycles. The third kappa shape index (κ3) is 2.34. The molecule has 3 rings (SSSR count). The molecule has 6 heteroatoms. The number of anilines is 1. The second-order valence-corrected chi connectivity index (χ2v) is 5.68. The minimum Gasteiger partial charge on any atom is -0.406 e. The van der Waals surface area contributed by atoms with Crippen LogP contribution in [0.1, 0.15) is 38.6 Å². The first-order valence-corrected chi connectivity index (χ1v) is 7.18. The topological polar surface area (TPSA) is 74.4 Å². The summed E-state index contributed by atoms with van der Waals surface area (Å²) >= 11 is 0. The standard InChI is InChI=1S/C13H22N4O2/c1-3-14-8(2)12-15-16-13(19-12)17-6-9-4-5-11(18)10(9)7-17/h8-11,14,18H,3-7H2,1-2H3. The lowest BCUT2D eigenvalue weighted by molar-refractivity contribution is 0.133. The Kier molecular flexibility index (Phi) is 3.45. The molecule has 1 saturated heterocycles. The Morgan fingerprint density at radius 2 is 2.26 bits per heavy atom. The van der Waals surface area contributed by atoms with Gasteiger partial charge in [0.05, 0.1) is 12.1 Å². The quantitative estimate of drug-likeness (QED) is 0.845. The van der Waals surface area contributed by atoms with E-state index < -0.39 is 0 Å². The summed E-state index contributed by atoms with van der Waals surface area (Å²) in [5, 5.41) is 21.4. The van der Waals surface area contributed by atoms with Crippen molar-refractivity contribution in [2.75, 3.05) is 24.5 Å². The van der Waals surface area contributed by atoms with Crippen molar-refractivity contribution in [1.82, 2.24) is 15.5 Å². The van der Waals surface area contributed by atoms with E-state index in [0.717, 1.165) is 32.5 Å². The van der Waals surface area contributed by atoms with Crippen LogP contribution in [0.4, 0.5) is 6.01 Å². The first-order chi connectivity index (χ1) is 9.19. The molecule has 4 unspecified atom stereocenters. The Bertz CT molecular complexity index is 436. The van der Waals surface area contributed by atoms with E-state index in [1.54, 1.807) is 0 Å². The highest BCUT2D eigenvalue weighted by Crippen LogP contribution is 2.39. The van der Waals surface area contributed by atoms with Gasteiger partial charge in [0.2, 0.25) is 5.89 Å². The highest BCUT2D eigenvalue weighted by Gasteiger charge is 2.43. The molecule has 19 heavy (non-hydrogen) atoms. The fourth-order valence-electron chi connectivity index (χ4n) is 3.32. The molecule has 106 valence electrons. The van der Waals surface area contributed by atoms with E-state index in [0.29, 0.717) is 23.7 Å². The number of nitrogens with zero attached hydrogens (tertiary/aromatic N) is 3. The fourth-order valence-corrected chi connectivity index (χ4v) is 3.32. The van der Waals surface area contributed by atoms with Crippen molar-refractivity contribution in [3.05, 3.63) is 5.89 Å². The van der Waals surface area contributed by atoms with Crippen LogP contribution in [0.25, 0.3) is 0 Å². The molecule has 2 fully saturated rings. The van der Waals surface area contributed by atoms with Crippen molar-refractivity contribution >= 4 is 6.01 Å². The maximum absolute atomic E-state index is 9.92. The minimum absolute atomic E-state index is 0.0824. The number of hydrogen-bond donors (Lipinski definition) is 2. The molecule has 0 amide bonds. The zero-order chi connectivity index (χ0) is 13.4. The molecule has 1 aliphatic carbocycles. The normalized spacial score (nSPS) is 31.7. The molecule has 1 aromatic heterocycles. The van der Waals surface area contributed by atoms with Gasteiger partial charge in [0.1, 0.15) is 0 Å². The lowest BCUT2D eigenvalue weighted by Crippen LogP contribution is -2.24. The van der Waals surface area contributed by atoms with Gasteiger partial charge in [-0.3, -0.25) is 0 Å². The molecule has 2 N–H and O–H groups in total. The van der Waals surface area contributed by atoms with E-state index in [-0.39, 0.29) is 12.1 Å². The Morgan fingerprint density at radius 1 is 1.42 bits per heavy atom. The van der Waals surface area contributed by atoms with Gasteiger partial charge in [-0.1, -0.05) is 12.0 Å². The summed E-state index contributed by atoms with van der Waals surface area (Å²) in [6.07, 6.45) is 1.89. The van der Waals surface area contributed by atoms with E-state index in [1.807, 2.05) is 6.92 Å². The molecule has 1 aliphatic heterocycles. The molecule has 4 atom stereocenters. The van der Waals surface area contributed by atoms with Gasteiger partial charge in [-0.15, -0.1) is 5.10 Å². The van der Waals surface area contributed by atoms with Crippen LogP contribution in [-0.4, -0.2) is 41.0 Å². The molecular formula is C13H22N4O2. The van der Waals surface area contributed by atoms with E-state index >= 15 is 0 Å². The van der Waals surface area contributed by atoms with Crippen molar-refractivity contribution < 1.29 is 9.52 Å². The van der Waals surface area contributed by atoms with Crippen LogP contribution in [0.3, 0.4) is 0 Å². The summed E-state index contributed by atoms with van der Waals surface area (Å²) in [6.45, 7) is 6.71. The molecular weight excluding hydrogens is 244 g/mol. The zero-order valence-electron chi connectivity index (χ0n) is 11.5. The van der Waals surface area contributed by atoms with Crippen molar-refractivity contribution in [3.63, 3.8) is 0 Å². The fraction of sp³-hybridized carbons (Fsp3) is 0.846. The van der Waals surface area contributed by atoms with Gasteiger partial charge >= 0.3 is 6.01 Å². The zero-order valence-corrected chi connectivity index (χ0v) is 11.5. The van der Waals surface area contributed by atoms with Gasteiger partial charge < -0.3 is 19.7 Å². The molecule has 0 bridgehead atoms. The van der Waals surface area contributed by atoms with Crippen LogP contribution in [0.15, 0.2) is 4.42 Å². The number of aliphatic hydroxyl groups excluding tert-OH is 1. The number of rotatable bonds is 4. The summed E-state index contributed by atoms with van der Waals surface area (Å²) in [6, 6.07) is 0.681. The van der Waals surface area contributed by atoms with Crippen molar-refractivity contribution in [2.45, 2.75) is 38.8 Å². The summed E-state index contributed by atoms with van der Waals surface area (Å²) in [7, 11) is 0. The largest absolute Gasteiger partial charge is 0.406 e.